The Bertz CT molecular complexity index is 601. The van der Waals surface area contributed by atoms with Crippen LogP contribution in [0.15, 0.2) is 24.3 Å². The molecule has 0 unspecified atom stereocenters. The highest BCUT2D eigenvalue weighted by Gasteiger charge is 2.41. The summed E-state index contributed by atoms with van der Waals surface area (Å²) < 4.78 is 0. The van der Waals surface area contributed by atoms with Crippen molar-refractivity contribution in [3.05, 3.63) is 35.5 Å². The molecule has 4 rings (SSSR count). The number of nitrogens with zero attached hydrogens (tertiary/aromatic N) is 1. The average Bonchev–Trinajstić information content (AvgIpc) is 2.93. The van der Waals surface area contributed by atoms with Gasteiger partial charge in [0.2, 0.25) is 0 Å². The van der Waals surface area contributed by atoms with E-state index in [4.69, 9.17) is 0 Å². The molecule has 0 spiro atoms. The van der Waals surface area contributed by atoms with Crippen molar-refractivity contribution in [3.8, 4) is 0 Å². The van der Waals surface area contributed by atoms with Crippen LogP contribution < -0.4 is 5.32 Å². The van der Waals surface area contributed by atoms with Gasteiger partial charge in [-0.3, -0.25) is 4.90 Å². The highest BCUT2D eigenvalue weighted by atomic mass is 15.2. The zero-order valence-electron chi connectivity index (χ0n) is 11.4. The van der Waals surface area contributed by atoms with Crippen LogP contribution >= 0.6 is 0 Å². The minimum atomic E-state index is 0.637. The Labute approximate surface area is 114 Å². The minimum absolute atomic E-state index is 0.637. The van der Waals surface area contributed by atoms with Crippen LogP contribution in [-0.4, -0.2) is 36.1 Å². The summed E-state index contributed by atoms with van der Waals surface area (Å²) in [5, 5.41) is 4.73. The zero-order valence-corrected chi connectivity index (χ0v) is 11.4. The number of aromatic nitrogens is 1. The molecule has 2 N–H and O–H groups in total. The van der Waals surface area contributed by atoms with Crippen molar-refractivity contribution in [2.75, 3.05) is 20.1 Å². The largest absolute Gasteiger partial charge is 0.358 e. The number of fused-ring (bicyclic) bond motifs is 6. The van der Waals surface area contributed by atoms with Gasteiger partial charge < -0.3 is 10.3 Å². The third-order valence-electron chi connectivity index (χ3n) is 4.86. The molecule has 0 radical (unpaired) electrons. The first-order valence-corrected chi connectivity index (χ1v) is 7.38. The van der Waals surface area contributed by atoms with Crippen molar-refractivity contribution in [3.63, 3.8) is 0 Å². The topological polar surface area (TPSA) is 31.1 Å². The van der Waals surface area contributed by atoms with E-state index in [1.165, 1.54) is 42.4 Å². The van der Waals surface area contributed by atoms with Crippen LogP contribution in [0.25, 0.3) is 10.9 Å². The van der Waals surface area contributed by atoms with Gasteiger partial charge in [0.25, 0.3) is 0 Å². The van der Waals surface area contributed by atoms with Crippen LogP contribution in [0, 0.1) is 0 Å². The fourth-order valence-corrected chi connectivity index (χ4v) is 4.04. The molecule has 2 aliphatic heterocycles. The Hall–Kier alpha value is -1.32. The van der Waals surface area contributed by atoms with Crippen molar-refractivity contribution in [2.45, 2.75) is 31.3 Å². The first kappa shape index (κ1) is 11.5. The van der Waals surface area contributed by atoms with Gasteiger partial charge in [-0.2, -0.15) is 0 Å². The lowest BCUT2D eigenvalue weighted by molar-refractivity contribution is 0.180. The Morgan fingerprint density at radius 1 is 1.32 bits per heavy atom. The van der Waals surface area contributed by atoms with Gasteiger partial charge in [0, 0.05) is 48.2 Å². The monoisotopic (exact) mass is 255 g/mol. The molecule has 2 atom stereocenters. The van der Waals surface area contributed by atoms with E-state index >= 15 is 0 Å². The number of para-hydroxylation sites is 1. The Morgan fingerprint density at radius 3 is 3.11 bits per heavy atom. The maximum Gasteiger partial charge on any atom is 0.0459 e. The van der Waals surface area contributed by atoms with Crippen molar-refractivity contribution < 1.29 is 0 Å². The van der Waals surface area contributed by atoms with Crippen LogP contribution in [0.2, 0.25) is 0 Å². The SMILES string of the molecule is CNCCN1[C@@H]2CC[C@H]1c1c([nH]c3ccccc13)C2. The van der Waals surface area contributed by atoms with E-state index in [1.807, 2.05) is 7.05 Å². The minimum Gasteiger partial charge on any atom is -0.358 e. The summed E-state index contributed by atoms with van der Waals surface area (Å²) in [4.78, 5) is 6.37. The molecule has 3 heterocycles. The standard InChI is InChI=1S/C16H21N3/c1-17-8-9-19-11-6-7-15(19)16-12-4-2-3-5-13(12)18-14(16)10-11/h2-5,11,15,17-18H,6-10H2,1H3/t11-,15+/m1/s1. The Morgan fingerprint density at radius 2 is 2.21 bits per heavy atom. The lowest BCUT2D eigenvalue weighted by atomic mass is 9.97. The highest BCUT2D eigenvalue weighted by Crippen LogP contribution is 2.46. The van der Waals surface area contributed by atoms with E-state index in [9.17, 15) is 0 Å². The van der Waals surface area contributed by atoms with Gasteiger partial charge in [-0.25, -0.2) is 0 Å². The quantitative estimate of drug-likeness (QED) is 0.882. The van der Waals surface area contributed by atoms with Crippen LogP contribution in [0.1, 0.15) is 30.1 Å². The molecule has 19 heavy (non-hydrogen) atoms. The number of H-pyrrole nitrogens is 1. The zero-order chi connectivity index (χ0) is 12.8. The number of benzene rings is 1. The molecule has 1 aromatic carbocycles. The maximum atomic E-state index is 3.65. The fourth-order valence-electron chi connectivity index (χ4n) is 4.04. The predicted molar refractivity (Wildman–Crippen MR) is 78.4 cm³/mol. The molecule has 100 valence electrons. The van der Waals surface area contributed by atoms with E-state index in [0.29, 0.717) is 6.04 Å². The number of nitrogens with one attached hydrogen (secondary N) is 2. The lowest BCUT2D eigenvalue weighted by Gasteiger charge is -2.35. The second kappa shape index (κ2) is 4.36. The molecule has 0 saturated carbocycles. The summed E-state index contributed by atoms with van der Waals surface area (Å²) >= 11 is 0. The predicted octanol–water partition coefficient (Wildman–Crippen LogP) is 2.45. The van der Waals surface area contributed by atoms with Gasteiger partial charge in [-0.05, 0) is 31.5 Å². The molecule has 0 amide bonds. The summed E-state index contributed by atoms with van der Waals surface area (Å²) in [6.45, 7) is 2.26. The van der Waals surface area contributed by atoms with E-state index in [2.05, 4.69) is 39.5 Å². The molecule has 3 nitrogen and oxygen atoms in total. The van der Waals surface area contributed by atoms with Gasteiger partial charge in [-0.15, -0.1) is 0 Å². The second-order valence-corrected chi connectivity index (χ2v) is 5.86. The van der Waals surface area contributed by atoms with Crippen molar-refractivity contribution in [2.24, 2.45) is 0 Å². The molecule has 0 aliphatic carbocycles. The number of hydrogen-bond acceptors (Lipinski definition) is 2. The normalized spacial score (nSPS) is 25.9. The number of rotatable bonds is 3. The number of aromatic amines is 1. The number of likely N-dealkylation sites (N-methyl/N-ethyl adjacent to an activating group) is 1. The molecule has 1 saturated heterocycles. The summed E-state index contributed by atoms with van der Waals surface area (Å²) in [6.07, 6.45) is 3.87. The smallest absolute Gasteiger partial charge is 0.0459 e. The third-order valence-corrected chi connectivity index (χ3v) is 4.86. The molecule has 2 aromatic rings. The molecular weight excluding hydrogens is 234 g/mol. The molecule has 2 aliphatic rings. The van der Waals surface area contributed by atoms with Crippen LogP contribution in [0.3, 0.4) is 0 Å². The Balaban J connectivity index is 1.79. The van der Waals surface area contributed by atoms with E-state index in [0.717, 1.165) is 12.6 Å². The van der Waals surface area contributed by atoms with Gasteiger partial charge >= 0.3 is 0 Å². The second-order valence-electron chi connectivity index (χ2n) is 5.86. The summed E-state index contributed by atoms with van der Waals surface area (Å²) in [6, 6.07) is 10.2. The van der Waals surface area contributed by atoms with Gasteiger partial charge in [-0.1, -0.05) is 18.2 Å². The van der Waals surface area contributed by atoms with E-state index < -0.39 is 0 Å². The summed E-state index contributed by atoms with van der Waals surface area (Å²) in [7, 11) is 2.04. The summed E-state index contributed by atoms with van der Waals surface area (Å²) in [5.41, 5.74) is 4.39. The first-order chi connectivity index (χ1) is 9.38. The molecular formula is C16H21N3. The van der Waals surface area contributed by atoms with E-state index in [-0.39, 0.29) is 0 Å². The highest BCUT2D eigenvalue weighted by molar-refractivity contribution is 5.85. The van der Waals surface area contributed by atoms with Crippen molar-refractivity contribution in [1.82, 2.24) is 15.2 Å². The molecule has 3 heteroatoms. The molecule has 1 fully saturated rings. The third kappa shape index (κ3) is 1.65. The Kier molecular flexibility index (Phi) is 2.64. The number of hydrogen-bond donors (Lipinski definition) is 2. The van der Waals surface area contributed by atoms with Crippen molar-refractivity contribution >= 4 is 10.9 Å². The van der Waals surface area contributed by atoms with Gasteiger partial charge in [0.1, 0.15) is 0 Å². The summed E-state index contributed by atoms with van der Waals surface area (Å²) in [5.74, 6) is 0. The molecule has 2 bridgehead atoms. The van der Waals surface area contributed by atoms with Crippen LogP contribution in [-0.2, 0) is 6.42 Å². The maximum absolute atomic E-state index is 3.65. The van der Waals surface area contributed by atoms with Crippen LogP contribution in [0.4, 0.5) is 0 Å². The van der Waals surface area contributed by atoms with Gasteiger partial charge in [0.15, 0.2) is 0 Å². The van der Waals surface area contributed by atoms with Crippen molar-refractivity contribution in [1.29, 1.82) is 0 Å². The first-order valence-electron chi connectivity index (χ1n) is 7.38. The van der Waals surface area contributed by atoms with Gasteiger partial charge in [0.05, 0.1) is 0 Å². The fraction of sp³-hybridized carbons (Fsp3) is 0.500. The van der Waals surface area contributed by atoms with E-state index in [1.54, 1.807) is 5.56 Å². The average molecular weight is 255 g/mol. The molecule has 1 aromatic heterocycles. The lowest BCUT2D eigenvalue weighted by Crippen LogP contribution is -2.40. The van der Waals surface area contributed by atoms with Crippen LogP contribution in [0.5, 0.6) is 0 Å².